The summed E-state index contributed by atoms with van der Waals surface area (Å²) >= 11 is 11.7. The van der Waals surface area contributed by atoms with Gasteiger partial charge in [-0.3, -0.25) is 9.36 Å². The molecule has 0 radical (unpaired) electrons. The summed E-state index contributed by atoms with van der Waals surface area (Å²) in [5.74, 6) is 0. The topological polar surface area (TPSA) is 34.9 Å². The number of para-hydroxylation sites is 1. The second kappa shape index (κ2) is 4.04. The van der Waals surface area contributed by atoms with Gasteiger partial charge in [0.2, 0.25) is 0 Å². The van der Waals surface area contributed by atoms with E-state index in [1.165, 1.54) is 6.33 Å². The Hall–Kier alpha value is -1.32. The standard InChI is InChI=1S/C10H6Cl2N2O/c11-7-3-1-2-4-8(7)14-6-13-10(12)9(14)5-15/h1-6H. The van der Waals surface area contributed by atoms with Gasteiger partial charge in [0.25, 0.3) is 0 Å². The molecule has 0 fully saturated rings. The summed E-state index contributed by atoms with van der Waals surface area (Å²) in [6.07, 6.45) is 2.12. The smallest absolute Gasteiger partial charge is 0.170 e. The predicted molar refractivity (Wildman–Crippen MR) is 59.0 cm³/mol. The molecule has 76 valence electrons. The Bertz CT molecular complexity index is 508. The average Bonchev–Trinajstić information content (AvgIpc) is 2.60. The van der Waals surface area contributed by atoms with E-state index in [-0.39, 0.29) is 5.15 Å². The maximum Gasteiger partial charge on any atom is 0.170 e. The lowest BCUT2D eigenvalue weighted by Gasteiger charge is -2.05. The van der Waals surface area contributed by atoms with Crippen molar-refractivity contribution in [1.29, 1.82) is 0 Å². The minimum atomic E-state index is 0.171. The van der Waals surface area contributed by atoms with Gasteiger partial charge in [-0.05, 0) is 12.1 Å². The molecule has 2 aromatic rings. The van der Waals surface area contributed by atoms with Crippen LogP contribution in [0.4, 0.5) is 0 Å². The second-order valence-corrected chi connectivity index (χ2v) is 3.63. The van der Waals surface area contributed by atoms with Crippen LogP contribution in [0.1, 0.15) is 10.5 Å². The van der Waals surface area contributed by atoms with Crippen LogP contribution in [0.25, 0.3) is 5.69 Å². The van der Waals surface area contributed by atoms with Gasteiger partial charge in [-0.1, -0.05) is 35.3 Å². The molecule has 0 amide bonds. The number of halogens is 2. The molecule has 0 unspecified atom stereocenters. The van der Waals surface area contributed by atoms with Gasteiger partial charge in [0.15, 0.2) is 11.4 Å². The molecule has 15 heavy (non-hydrogen) atoms. The highest BCUT2D eigenvalue weighted by molar-refractivity contribution is 6.33. The molecule has 2 rings (SSSR count). The van der Waals surface area contributed by atoms with Crippen LogP contribution in [0, 0.1) is 0 Å². The minimum absolute atomic E-state index is 0.171. The van der Waals surface area contributed by atoms with Crippen molar-refractivity contribution in [2.24, 2.45) is 0 Å². The molecular weight excluding hydrogens is 235 g/mol. The van der Waals surface area contributed by atoms with Crippen LogP contribution in [0.3, 0.4) is 0 Å². The fourth-order valence-corrected chi connectivity index (χ4v) is 1.69. The first-order chi connectivity index (χ1) is 7.24. The molecule has 0 bridgehead atoms. The van der Waals surface area contributed by atoms with E-state index in [2.05, 4.69) is 4.98 Å². The van der Waals surface area contributed by atoms with Crippen molar-refractivity contribution < 1.29 is 4.79 Å². The van der Waals surface area contributed by atoms with E-state index in [1.54, 1.807) is 16.7 Å². The molecule has 0 aliphatic heterocycles. The molecule has 0 N–H and O–H groups in total. The third-order valence-electron chi connectivity index (χ3n) is 1.98. The van der Waals surface area contributed by atoms with E-state index < -0.39 is 0 Å². The fourth-order valence-electron chi connectivity index (χ4n) is 1.28. The Labute approximate surface area is 96.3 Å². The highest BCUT2D eigenvalue weighted by Gasteiger charge is 2.11. The number of benzene rings is 1. The number of aldehydes is 1. The van der Waals surface area contributed by atoms with Crippen LogP contribution >= 0.6 is 23.2 Å². The molecule has 1 heterocycles. The molecule has 0 spiro atoms. The van der Waals surface area contributed by atoms with Crippen LogP contribution in [0.2, 0.25) is 10.2 Å². The average molecular weight is 241 g/mol. The minimum Gasteiger partial charge on any atom is -0.296 e. The van der Waals surface area contributed by atoms with Crippen LogP contribution in [0.5, 0.6) is 0 Å². The molecule has 3 nitrogen and oxygen atoms in total. The Balaban J connectivity index is 2.64. The molecule has 0 atom stereocenters. The maximum atomic E-state index is 10.8. The molecule has 0 aliphatic carbocycles. The first kappa shape index (κ1) is 10.2. The van der Waals surface area contributed by atoms with Crippen molar-refractivity contribution in [2.75, 3.05) is 0 Å². The normalized spacial score (nSPS) is 10.3. The van der Waals surface area contributed by atoms with Crippen LogP contribution < -0.4 is 0 Å². The summed E-state index contributed by atoms with van der Waals surface area (Å²) in [6.45, 7) is 0. The lowest BCUT2D eigenvalue weighted by atomic mass is 10.3. The first-order valence-electron chi connectivity index (χ1n) is 4.17. The molecule has 0 saturated carbocycles. The molecule has 0 saturated heterocycles. The van der Waals surface area contributed by atoms with Gasteiger partial charge < -0.3 is 0 Å². The quantitative estimate of drug-likeness (QED) is 0.757. The van der Waals surface area contributed by atoms with Crippen molar-refractivity contribution in [3.8, 4) is 5.69 Å². The van der Waals surface area contributed by atoms with Gasteiger partial charge in [-0.25, -0.2) is 4.98 Å². The predicted octanol–water partition coefficient (Wildman–Crippen LogP) is 2.99. The number of aromatic nitrogens is 2. The summed E-state index contributed by atoms with van der Waals surface area (Å²) in [5, 5.41) is 0.708. The van der Waals surface area contributed by atoms with Crippen LogP contribution in [-0.4, -0.2) is 15.8 Å². The molecule has 5 heteroatoms. The fraction of sp³-hybridized carbons (Fsp3) is 0. The number of rotatable bonds is 2. The Morgan fingerprint density at radius 2 is 2.00 bits per heavy atom. The van der Waals surface area contributed by atoms with E-state index in [9.17, 15) is 4.79 Å². The number of imidazole rings is 1. The molecule has 1 aromatic carbocycles. The highest BCUT2D eigenvalue weighted by atomic mass is 35.5. The number of hydrogen-bond donors (Lipinski definition) is 0. The third kappa shape index (κ3) is 1.76. The zero-order valence-corrected chi connectivity index (χ0v) is 9.03. The lowest BCUT2D eigenvalue weighted by Crippen LogP contribution is -1.98. The Kier molecular flexibility index (Phi) is 2.75. The Morgan fingerprint density at radius 1 is 1.27 bits per heavy atom. The van der Waals surface area contributed by atoms with E-state index in [1.807, 2.05) is 12.1 Å². The van der Waals surface area contributed by atoms with Gasteiger partial charge in [-0.15, -0.1) is 0 Å². The summed E-state index contributed by atoms with van der Waals surface area (Å²) in [4.78, 5) is 14.6. The number of carbonyl (C=O) groups is 1. The summed E-state index contributed by atoms with van der Waals surface area (Å²) < 4.78 is 1.55. The highest BCUT2D eigenvalue weighted by Crippen LogP contribution is 2.23. The first-order valence-corrected chi connectivity index (χ1v) is 4.92. The lowest BCUT2D eigenvalue weighted by molar-refractivity contribution is 0.111. The number of hydrogen-bond acceptors (Lipinski definition) is 2. The second-order valence-electron chi connectivity index (χ2n) is 2.86. The van der Waals surface area contributed by atoms with Crippen LogP contribution in [0.15, 0.2) is 30.6 Å². The summed E-state index contributed by atoms with van der Waals surface area (Å²) in [6, 6.07) is 7.15. The van der Waals surface area contributed by atoms with E-state index in [0.717, 1.165) is 0 Å². The molecule has 0 aliphatic rings. The van der Waals surface area contributed by atoms with Gasteiger partial charge in [-0.2, -0.15) is 0 Å². The Morgan fingerprint density at radius 3 is 2.67 bits per heavy atom. The van der Waals surface area contributed by atoms with Crippen molar-refractivity contribution >= 4 is 29.5 Å². The molecule has 1 aromatic heterocycles. The molecular formula is C10H6Cl2N2O. The number of nitrogens with zero attached hydrogens (tertiary/aromatic N) is 2. The van der Waals surface area contributed by atoms with Gasteiger partial charge in [0.1, 0.15) is 12.0 Å². The zero-order chi connectivity index (χ0) is 10.8. The number of carbonyl (C=O) groups excluding carboxylic acids is 1. The van der Waals surface area contributed by atoms with E-state index in [4.69, 9.17) is 23.2 Å². The van der Waals surface area contributed by atoms with E-state index in [0.29, 0.717) is 22.7 Å². The van der Waals surface area contributed by atoms with Gasteiger partial charge in [0, 0.05) is 0 Å². The zero-order valence-electron chi connectivity index (χ0n) is 7.52. The summed E-state index contributed by atoms with van der Waals surface area (Å²) in [5.41, 5.74) is 0.977. The van der Waals surface area contributed by atoms with Crippen LogP contribution in [-0.2, 0) is 0 Å². The largest absolute Gasteiger partial charge is 0.296 e. The third-order valence-corrected chi connectivity index (χ3v) is 2.59. The van der Waals surface area contributed by atoms with Crippen molar-refractivity contribution in [2.45, 2.75) is 0 Å². The SMILES string of the molecule is O=Cc1c(Cl)ncn1-c1ccccc1Cl. The van der Waals surface area contributed by atoms with Gasteiger partial charge >= 0.3 is 0 Å². The van der Waals surface area contributed by atoms with E-state index >= 15 is 0 Å². The monoisotopic (exact) mass is 240 g/mol. The van der Waals surface area contributed by atoms with Gasteiger partial charge in [0.05, 0.1) is 10.7 Å². The maximum absolute atomic E-state index is 10.8. The van der Waals surface area contributed by atoms with Crippen molar-refractivity contribution in [3.05, 3.63) is 46.5 Å². The van der Waals surface area contributed by atoms with Crippen molar-refractivity contribution in [1.82, 2.24) is 9.55 Å². The summed E-state index contributed by atoms with van der Waals surface area (Å²) in [7, 11) is 0. The van der Waals surface area contributed by atoms with Crippen molar-refractivity contribution in [3.63, 3.8) is 0 Å².